The van der Waals surface area contributed by atoms with Crippen molar-refractivity contribution in [3.05, 3.63) is 33.3 Å². The molecule has 2 rings (SSSR count). The second kappa shape index (κ2) is 6.73. The van der Waals surface area contributed by atoms with Crippen molar-refractivity contribution in [3.8, 4) is 0 Å². The Bertz CT molecular complexity index is 448. The number of nitrogens with zero attached hydrogens (tertiary/aromatic N) is 2. The van der Waals surface area contributed by atoms with E-state index in [1.165, 1.54) is 25.3 Å². The standard InChI is InChI=1S/C13H18ClN3O2/c14-11-5-4-6-12(17(18)19)13(11)15-7-10-16-8-2-1-3-9-16/h4-6,15H,1-3,7-10H2. The molecule has 1 fully saturated rings. The molecule has 1 N–H and O–H groups in total. The van der Waals surface area contributed by atoms with Gasteiger partial charge in [-0.15, -0.1) is 0 Å². The van der Waals surface area contributed by atoms with Crippen molar-refractivity contribution in [1.29, 1.82) is 0 Å². The Morgan fingerprint density at radius 2 is 2.05 bits per heavy atom. The highest BCUT2D eigenvalue weighted by molar-refractivity contribution is 6.33. The summed E-state index contributed by atoms with van der Waals surface area (Å²) in [5.74, 6) is 0. The summed E-state index contributed by atoms with van der Waals surface area (Å²) in [6.45, 7) is 3.80. The molecule has 1 aliphatic rings. The molecular formula is C13H18ClN3O2. The lowest BCUT2D eigenvalue weighted by Gasteiger charge is -2.26. The van der Waals surface area contributed by atoms with Gasteiger partial charge in [0.2, 0.25) is 0 Å². The van der Waals surface area contributed by atoms with Gasteiger partial charge in [0.1, 0.15) is 5.69 Å². The molecule has 1 aliphatic heterocycles. The van der Waals surface area contributed by atoms with Gasteiger partial charge in [-0.05, 0) is 32.0 Å². The third kappa shape index (κ3) is 3.81. The van der Waals surface area contributed by atoms with Crippen LogP contribution in [0.5, 0.6) is 0 Å². The maximum atomic E-state index is 10.9. The number of nitrogens with one attached hydrogen (secondary N) is 1. The molecule has 1 heterocycles. The summed E-state index contributed by atoms with van der Waals surface area (Å²) in [4.78, 5) is 12.9. The van der Waals surface area contributed by atoms with Crippen molar-refractivity contribution in [1.82, 2.24) is 4.90 Å². The lowest BCUT2D eigenvalue weighted by atomic mass is 10.1. The van der Waals surface area contributed by atoms with Gasteiger partial charge in [-0.1, -0.05) is 24.1 Å². The first-order valence-electron chi connectivity index (χ1n) is 6.57. The first-order valence-corrected chi connectivity index (χ1v) is 6.95. The maximum Gasteiger partial charge on any atom is 0.293 e. The number of nitro benzene ring substituents is 1. The van der Waals surface area contributed by atoms with Gasteiger partial charge in [0, 0.05) is 19.2 Å². The van der Waals surface area contributed by atoms with E-state index < -0.39 is 4.92 Å². The second-order valence-corrected chi connectivity index (χ2v) is 5.13. The number of para-hydroxylation sites is 1. The Morgan fingerprint density at radius 1 is 1.32 bits per heavy atom. The molecule has 0 bridgehead atoms. The Morgan fingerprint density at radius 3 is 2.74 bits per heavy atom. The maximum absolute atomic E-state index is 10.9. The van der Waals surface area contributed by atoms with Gasteiger partial charge in [0.05, 0.1) is 9.95 Å². The summed E-state index contributed by atoms with van der Waals surface area (Å²) < 4.78 is 0. The van der Waals surface area contributed by atoms with Crippen molar-refractivity contribution in [2.24, 2.45) is 0 Å². The van der Waals surface area contributed by atoms with Gasteiger partial charge in [-0.3, -0.25) is 10.1 Å². The van der Waals surface area contributed by atoms with Gasteiger partial charge in [-0.2, -0.15) is 0 Å². The molecule has 0 radical (unpaired) electrons. The Balaban J connectivity index is 1.93. The summed E-state index contributed by atoms with van der Waals surface area (Å²) in [5.41, 5.74) is 0.456. The number of nitro groups is 1. The molecule has 104 valence electrons. The van der Waals surface area contributed by atoms with E-state index in [4.69, 9.17) is 11.6 Å². The van der Waals surface area contributed by atoms with Crippen LogP contribution in [0.15, 0.2) is 18.2 Å². The van der Waals surface area contributed by atoms with E-state index in [1.807, 2.05) is 0 Å². The van der Waals surface area contributed by atoms with E-state index in [9.17, 15) is 10.1 Å². The van der Waals surface area contributed by atoms with Crippen LogP contribution in [0.1, 0.15) is 19.3 Å². The van der Waals surface area contributed by atoms with Gasteiger partial charge in [0.25, 0.3) is 5.69 Å². The van der Waals surface area contributed by atoms with Crippen LogP contribution in [-0.4, -0.2) is 36.0 Å². The monoisotopic (exact) mass is 283 g/mol. The number of likely N-dealkylation sites (tertiary alicyclic amines) is 1. The van der Waals surface area contributed by atoms with E-state index >= 15 is 0 Å². The van der Waals surface area contributed by atoms with Crippen LogP contribution in [0.4, 0.5) is 11.4 Å². The van der Waals surface area contributed by atoms with E-state index in [0.29, 0.717) is 17.3 Å². The molecule has 0 spiro atoms. The fraction of sp³-hybridized carbons (Fsp3) is 0.538. The number of hydrogen-bond donors (Lipinski definition) is 1. The van der Waals surface area contributed by atoms with E-state index in [1.54, 1.807) is 12.1 Å². The molecule has 5 nitrogen and oxygen atoms in total. The molecule has 19 heavy (non-hydrogen) atoms. The number of benzene rings is 1. The summed E-state index contributed by atoms with van der Waals surface area (Å²) in [6, 6.07) is 4.73. The van der Waals surface area contributed by atoms with Crippen molar-refractivity contribution in [3.63, 3.8) is 0 Å². The third-order valence-electron chi connectivity index (χ3n) is 3.37. The van der Waals surface area contributed by atoms with Crippen LogP contribution in [0.25, 0.3) is 0 Å². The minimum absolute atomic E-state index is 0.0335. The lowest BCUT2D eigenvalue weighted by Crippen LogP contribution is -2.33. The fourth-order valence-electron chi connectivity index (χ4n) is 2.36. The van der Waals surface area contributed by atoms with Crippen LogP contribution >= 0.6 is 11.6 Å². The number of anilines is 1. The van der Waals surface area contributed by atoms with Crippen LogP contribution in [0.2, 0.25) is 5.02 Å². The molecule has 0 unspecified atom stereocenters. The van der Waals surface area contributed by atoms with Crippen LogP contribution < -0.4 is 5.32 Å². The lowest BCUT2D eigenvalue weighted by molar-refractivity contribution is -0.383. The zero-order chi connectivity index (χ0) is 13.7. The Hall–Kier alpha value is -1.33. The van der Waals surface area contributed by atoms with Crippen molar-refractivity contribution in [2.45, 2.75) is 19.3 Å². The fourth-order valence-corrected chi connectivity index (χ4v) is 2.60. The highest BCUT2D eigenvalue weighted by Crippen LogP contribution is 2.31. The molecule has 0 aromatic heterocycles. The molecule has 0 atom stereocenters. The molecule has 6 heteroatoms. The number of halogens is 1. The topological polar surface area (TPSA) is 58.4 Å². The smallest absolute Gasteiger partial charge is 0.293 e. The van der Waals surface area contributed by atoms with Gasteiger partial charge in [0.15, 0.2) is 0 Å². The van der Waals surface area contributed by atoms with Crippen molar-refractivity contribution < 1.29 is 4.92 Å². The SMILES string of the molecule is O=[N+]([O-])c1cccc(Cl)c1NCCN1CCCCC1. The van der Waals surface area contributed by atoms with E-state index in [-0.39, 0.29) is 5.69 Å². The second-order valence-electron chi connectivity index (χ2n) is 4.72. The molecule has 1 aromatic rings. The molecule has 0 aliphatic carbocycles. The van der Waals surface area contributed by atoms with Crippen LogP contribution in [-0.2, 0) is 0 Å². The highest BCUT2D eigenvalue weighted by atomic mass is 35.5. The van der Waals surface area contributed by atoms with Crippen molar-refractivity contribution in [2.75, 3.05) is 31.5 Å². The quantitative estimate of drug-likeness (QED) is 0.666. The third-order valence-corrected chi connectivity index (χ3v) is 3.68. The summed E-state index contributed by atoms with van der Waals surface area (Å²) in [7, 11) is 0. The zero-order valence-electron chi connectivity index (χ0n) is 10.8. The minimum atomic E-state index is -0.408. The van der Waals surface area contributed by atoms with Gasteiger partial charge in [-0.25, -0.2) is 0 Å². The average Bonchev–Trinajstić information content (AvgIpc) is 2.41. The first kappa shape index (κ1) is 14.1. The van der Waals surface area contributed by atoms with Gasteiger partial charge < -0.3 is 10.2 Å². The Kier molecular flexibility index (Phi) is 4.99. The largest absolute Gasteiger partial charge is 0.377 e. The number of rotatable bonds is 5. The molecule has 1 aromatic carbocycles. The minimum Gasteiger partial charge on any atom is -0.377 e. The predicted octanol–water partition coefficient (Wildman–Crippen LogP) is 3.15. The van der Waals surface area contributed by atoms with Crippen LogP contribution in [0, 0.1) is 10.1 Å². The highest BCUT2D eigenvalue weighted by Gasteiger charge is 2.16. The normalized spacial score (nSPS) is 16.3. The van der Waals surface area contributed by atoms with Crippen LogP contribution in [0.3, 0.4) is 0 Å². The number of hydrogen-bond acceptors (Lipinski definition) is 4. The predicted molar refractivity (Wildman–Crippen MR) is 76.9 cm³/mol. The van der Waals surface area contributed by atoms with E-state index in [0.717, 1.165) is 19.6 Å². The first-order chi connectivity index (χ1) is 9.18. The van der Waals surface area contributed by atoms with E-state index in [2.05, 4.69) is 10.2 Å². The molecule has 0 amide bonds. The van der Waals surface area contributed by atoms with Crippen molar-refractivity contribution >= 4 is 23.0 Å². The average molecular weight is 284 g/mol. The Labute approximate surface area is 117 Å². The summed E-state index contributed by atoms with van der Waals surface area (Å²) in [6.07, 6.45) is 3.79. The zero-order valence-corrected chi connectivity index (χ0v) is 11.5. The summed E-state index contributed by atoms with van der Waals surface area (Å²) in [5, 5.41) is 14.4. The van der Waals surface area contributed by atoms with Gasteiger partial charge >= 0.3 is 0 Å². The molecule has 1 saturated heterocycles. The summed E-state index contributed by atoms with van der Waals surface area (Å²) >= 11 is 6.01. The molecular weight excluding hydrogens is 266 g/mol. The molecule has 0 saturated carbocycles. The number of piperidine rings is 1.